The third-order valence-electron chi connectivity index (χ3n) is 2.49. The molecule has 0 saturated heterocycles. The topological polar surface area (TPSA) is 44.8 Å². The van der Waals surface area contributed by atoms with Crippen LogP contribution >= 0.6 is 0 Å². The van der Waals surface area contributed by atoms with Crippen LogP contribution < -0.4 is 0 Å². The molecule has 0 aliphatic carbocycles. The van der Waals surface area contributed by atoms with Gasteiger partial charge in [-0.15, -0.1) is 0 Å². The molecule has 1 aromatic carbocycles. The minimum Gasteiger partial charge on any atom is -0.431 e. The van der Waals surface area contributed by atoms with Crippen molar-refractivity contribution in [2.75, 3.05) is 7.11 Å². The van der Waals surface area contributed by atoms with Gasteiger partial charge in [-0.1, -0.05) is 31.2 Å². The van der Waals surface area contributed by atoms with Gasteiger partial charge in [-0.25, -0.2) is 0 Å². The average Bonchev–Trinajstić information content (AvgIpc) is 2.68. The maximum Gasteiger partial charge on any atom is 0.308 e. The lowest BCUT2D eigenvalue weighted by Gasteiger charge is -2.13. The van der Waals surface area contributed by atoms with E-state index in [2.05, 4.69) is 0 Å². The number of benzene rings is 1. The van der Waals surface area contributed by atoms with Crippen LogP contribution in [0.25, 0.3) is 0 Å². The fourth-order valence-electron chi connectivity index (χ4n) is 1.68. The molecular formula is C12H14O4. The number of hydrogen-bond donors (Lipinski definition) is 0. The monoisotopic (exact) mass is 222 g/mol. The van der Waals surface area contributed by atoms with Gasteiger partial charge in [0.25, 0.3) is 0 Å². The van der Waals surface area contributed by atoms with E-state index in [-0.39, 0.29) is 5.97 Å². The minimum absolute atomic E-state index is 0.281. The Kier molecular flexibility index (Phi) is 3.22. The fraction of sp³-hybridized carbons (Fsp3) is 0.417. The highest BCUT2D eigenvalue weighted by Crippen LogP contribution is 2.39. The molecule has 1 aliphatic rings. The van der Waals surface area contributed by atoms with E-state index in [0.717, 1.165) is 11.1 Å². The smallest absolute Gasteiger partial charge is 0.308 e. The van der Waals surface area contributed by atoms with Gasteiger partial charge in [0.1, 0.15) is 0 Å². The summed E-state index contributed by atoms with van der Waals surface area (Å²) in [5, 5.41) is 0. The van der Waals surface area contributed by atoms with Gasteiger partial charge in [-0.05, 0) is 0 Å². The molecule has 4 nitrogen and oxygen atoms in total. The SMILES string of the molecule is CCC(=O)OC1OC(OC)c2ccccc21. The van der Waals surface area contributed by atoms with Crippen molar-refractivity contribution < 1.29 is 19.0 Å². The summed E-state index contributed by atoms with van der Waals surface area (Å²) in [6.07, 6.45) is -0.765. The summed E-state index contributed by atoms with van der Waals surface area (Å²) < 4.78 is 15.8. The molecule has 0 spiro atoms. The molecule has 2 rings (SSSR count). The molecule has 2 unspecified atom stereocenters. The van der Waals surface area contributed by atoms with Crippen LogP contribution in [0.4, 0.5) is 0 Å². The Hall–Kier alpha value is -1.39. The second kappa shape index (κ2) is 4.63. The zero-order chi connectivity index (χ0) is 11.5. The van der Waals surface area contributed by atoms with E-state index in [9.17, 15) is 4.79 Å². The highest BCUT2D eigenvalue weighted by molar-refractivity contribution is 5.69. The number of rotatable bonds is 3. The summed E-state index contributed by atoms with van der Waals surface area (Å²) in [6, 6.07) is 7.57. The first-order valence-corrected chi connectivity index (χ1v) is 5.22. The predicted octanol–water partition coefficient (Wildman–Crippen LogP) is 2.31. The standard InChI is InChI=1S/C12H14O4/c1-3-10(13)15-12-9-7-5-4-6-8(9)11(14-2)16-12/h4-7,11-12H,3H2,1-2H3. The minimum atomic E-state index is -0.645. The van der Waals surface area contributed by atoms with Crippen LogP contribution in [0.1, 0.15) is 37.1 Å². The van der Waals surface area contributed by atoms with Gasteiger partial charge in [0.15, 0.2) is 6.29 Å². The van der Waals surface area contributed by atoms with E-state index in [0.29, 0.717) is 6.42 Å². The molecule has 2 atom stereocenters. The van der Waals surface area contributed by atoms with Crippen LogP contribution in [0.15, 0.2) is 24.3 Å². The van der Waals surface area contributed by atoms with Crippen molar-refractivity contribution in [2.24, 2.45) is 0 Å². The summed E-state index contributed by atoms with van der Waals surface area (Å²) in [5.41, 5.74) is 1.77. The Balaban J connectivity index is 2.22. The highest BCUT2D eigenvalue weighted by Gasteiger charge is 2.33. The van der Waals surface area contributed by atoms with Crippen molar-refractivity contribution in [1.82, 2.24) is 0 Å². The van der Waals surface area contributed by atoms with Crippen LogP contribution in [0.5, 0.6) is 0 Å². The summed E-state index contributed by atoms with van der Waals surface area (Å²) in [6.45, 7) is 1.75. The molecule has 0 fully saturated rings. The number of carbonyl (C=O) groups is 1. The number of methoxy groups -OCH3 is 1. The highest BCUT2D eigenvalue weighted by atomic mass is 16.8. The van der Waals surface area contributed by atoms with Crippen LogP contribution in [0, 0.1) is 0 Å². The second-order valence-corrected chi connectivity index (χ2v) is 3.51. The number of esters is 1. The maximum absolute atomic E-state index is 11.2. The van der Waals surface area contributed by atoms with Crippen molar-refractivity contribution in [3.8, 4) is 0 Å². The molecule has 0 saturated carbocycles. The van der Waals surface area contributed by atoms with Crippen molar-refractivity contribution in [1.29, 1.82) is 0 Å². The normalized spacial score (nSPS) is 22.9. The number of ether oxygens (including phenoxy) is 3. The van der Waals surface area contributed by atoms with Crippen molar-refractivity contribution in [3.63, 3.8) is 0 Å². The molecule has 1 heterocycles. The molecule has 16 heavy (non-hydrogen) atoms. The van der Waals surface area contributed by atoms with E-state index in [4.69, 9.17) is 14.2 Å². The van der Waals surface area contributed by atoms with E-state index in [1.54, 1.807) is 14.0 Å². The Labute approximate surface area is 94.1 Å². The lowest BCUT2D eigenvalue weighted by molar-refractivity contribution is -0.225. The quantitative estimate of drug-likeness (QED) is 0.736. The predicted molar refractivity (Wildman–Crippen MR) is 56.4 cm³/mol. The van der Waals surface area contributed by atoms with Gasteiger partial charge in [0.05, 0.1) is 0 Å². The van der Waals surface area contributed by atoms with Gasteiger partial charge < -0.3 is 14.2 Å². The largest absolute Gasteiger partial charge is 0.431 e. The Morgan fingerprint density at radius 2 is 1.94 bits per heavy atom. The van der Waals surface area contributed by atoms with Gasteiger partial charge >= 0.3 is 5.97 Å². The number of carbonyl (C=O) groups excluding carboxylic acids is 1. The first-order valence-electron chi connectivity index (χ1n) is 5.22. The molecule has 0 bridgehead atoms. The van der Waals surface area contributed by atoms with E-state index >= 15 is 0 Å². The Morgan fingerprint density at radius 3 is 2.50 bits per heavy atom. The van der Waals surface area contributed by atoms with Gasteiger partial charge in [-0.3, -0.25) is 4.79 Å². The number of fused-ring (bicyclic) bond motifs is 1. The van der Waals surface area contributed by atoms with Gasteiger partial charge in [0.2, 0.25) is 6.29 Å². The molecule has 4 heteroatoms. The summed E-state index contributed by atoms with van der Waals surface area (Å²) >= 11 is 0. The third kappa shape index (κ3) is 1.94. The Bertz CT molecular complexity index is 388. The third-order valence-corrected chi connectivity index (χ3v) is 2.49. The number of hydrogen-bond acceptors (Lipinski definition) is 4. The molecular weight excluding hydrogens is 208 g/mol. The molecule has 1 aliphatic heterocycles. The first kappa shape index (κ1) is 11.1. The van der Waals surface area contributed by atoms with Crippen LogP contribution in [-0.4, -0.2) is 13.1 Å². The summed E-state index contributed by atoms with van der Waals surface area (Å²) in [4.78, 5) is 11.2. The zero-order valence-corrected chi connectivity index (χ0v) is 9.30. The maximum atomic E-state index is 11.2. The second-order valence-electron chi connectivity index (χ2n) is 3.51. The summed E-state index contributed by atoms with van der Waals surface area (Å²) in [7, 11) is 1.56. The molecule has 1 aromatic rings. The van der Waals surface area contributed by atoms with Crippen LogP contribution in [0.3, 0.4) is 0 Å². The van der Waals surface area contributed by atoms with Crippen LogP contribution in [0.2, 0.25) is 0 Å². The molecule has 0 amide bonds. The molecule has 0 radical (unpaired) electrons. The average molecular weight is 222 g/mol. The van der Waals surface area contributed by atoms with Crippen molar-refractivity contribution >= 4 is 5.97 Å². The van der Waals surface area contributed by atoms with Crippen molar-refractivity contribution in [3.05, 3.63) is 35.4 Å². The Morgan fingerprint density at radius 1 is 1.31 bits per heavy atom. The zero-order valence-electron chi connectivity index (χ0n) is 9.30. The fourth-order valence-corrected chi connectivity index (χ4v) is 1.68. The van der Waals surface area contributed by atoms with Gasteiger partial charge in [0, 0.05) is 24.7 Å². The first-order chi connectivity index (χ1) is 7.76. The summed E-state index contributed by atoms with van der Waals surface area (Å²) in [5.74, 6) is -0.281. The lowest BCUT2D eigenvalue weighted by atomic mass is 10.1. The lowest BCUT2D eigenvalue weighted by Crippen LogP contribution is -2.10. The van der Waals surface area contributed by atoms with Gasteiger partial charge in [-0.2, -0.15) is 0 Å². The van der Waals surface area contributed by atoms with Crippen LogP contribution in [-0.2, 0) is 19.0 Å². The molecule has 86 valence electrons. The molecule has 0 N–H and O–H groups in total. The van der Waals surface area contributed by atoms with E-state index < -0.39 is 12.6 Å². The molecule has 0 aromatic heterocycles. The van der Waals surface area contributed by atoms with E-state index in [1.807, 2.05) is 24.3 Å². The van der Waals surface area contributed by atoms with Crippen molar-refractivity contribution in [2.45, 2.75) is 25.9 Å². The van der Waals surface area contributed by atoms with E-state index in [1.165, 1.54) is 0 Å².